The Hall–Kier alpha value is -2.79. The van der Waals surface area contributed by atoms with Gasteiger partial charge in [0.25, 0.3) is 0 Å². The molecule has 5 rings (SSSR count). The van der Waals surface area contributed by atoms with Crippen LogP contribution >= 0.6 is 0 Å². The Bertz CT molecular complexity index is 1340. The standard InChI is InChI=1S/C21H24N6O3S/c1-26-20-16(14-23-26)13-22-21-18(20)12-19(25-21)15-3-2-4-17(11-15)31(28,29)24-5-6-27-7-9-30-10-8-27/h2-4,11-14,24H,5-10H2,1H3,(H,22,25). The summed E-state index contributed by atoms with van der Waals surface area (Å²) in [5.41, 5.74) is 3.31. The van der Waals surface area contributed by atoms with Gasteiger partial charge >= 0.3 is 0 Å². The van der Waals surface area contributed by atoms with Crippen LogP contribution < -0.4 is 4.72 Å². The third kappa shape index (κ3) is 3.94. The van der Waals surface area contributed by atoms with Gasteiger partial charge < -0.3 is 9.72 Å². The van der Waals surface area contributed by atoms with Crippen molar-refractivity contribution >= 4 is 32.0 Å². The quantitative estimate of drug-likeness (QED) is 0.473. The first-order chi connectivity index (χ1) is 15.0. The number of nitrogens with zero attached hydrogens (tertiary/aromatic N) is 4. The van der Waals surface area contributed by atoms with Gasteiger partial charge in [0.1, 0.15) is 5.65 Å². The second-order valence-electron chi connectivity index (χ2n) is 7.66. The molecule has 0 radical (unpaired) electrons. The average Bonchev–Trinajstić information content (AvgIpc) is 3.38. The van der Waals surface area contributed by atoms with Crippen LogP contribution in [-0.2, 0) is 21.8 Å². The van der Waals surface area contributed by atoms with E-state index in [9.17, 15) is 8.42 Å². The molecule has 0 unspecified atom stereocenters. The number of fused-ring (bicyclic) bond motifs is 3. The smallest absolute Gasteiger partial charge is 0.240 e. The first kappa shape index (κ1) is 20.1. The number of rotatable bonds is 6. The van der Waals surface area contributed by atoms with Crippen LogP contribution in [0.1, 0.15) is 0 Å². The largest absolute Gasteiger partial charge is 0.379 e. The van der Waals surface area contributed by atoms with Crippen LogP contribution in [0.2, 0.25) is 0 Å². The maximum atomic E-state index is 12.8. The van der Waals surface area contributed by atoms with E-state index in [1.807, 2.05) is 23.9 Å². The summed E-state index contributed by atoms with van der Waals surface area (Å²) >= 11 is 0. The highest BCUT2D eigenvalue weighted by Gasteiger charge is 2.17. The molecule has 1 fully saturated rings. The molecule has 3 aromatic heterocycles. The highest BCUT2D eigenvalue weighted by Crippen LogP contribution is 2.29. The summed E-state index contributed by atoms with van der Waals surface area (Å²) in [6, 6.07) is 8.93. The van der Waals surface area contributed by atoms with Crippen molar-refractivity contribution in [2.24, 2.45) is 7.05 Å². The van der Waals surface area contributed by atoms with Crippen molar-refractivity contribution in [1.82, 2.24) is 29.4 Å². The number of H-pyrrole nitrogens is 1. The minimum Gasteiger partial charge on any atom is -0.379 e. The Morgan fingerprint density at radius 2 is 2.03 bits per heavy atom. The van der Waals surface area contributed by atoms with Crippen LogP contribution in [0.3, 0.4) is 0 Å². The lowest BCUT2D eigenvalue weighted by atomic mass is 10.1. The van der Waals surface area contributed by atoms with E-state index in [1.165, 1.54) is 0 Å². The van der Waals surface area contributed by atoms with Gasteiger partial charge in [0.05, 0.1) is 29.8 Å². The molecule has 0 bridgehead atoms. The Labute approximate surface area is 180 Å². The van der Waals surface area contributed by atoms with Crippen molar-refractivity contribution in [3.05, 3.63) is 42.7 Å². The molecule has 31 heavy (non-hydrogen) atoms. The van der Waals surface area contributed by atoms with Crippen molar-refractivity contribution in [2.75, 3.05) is 39.4 Å². The summed E-state index contributed by atoms with van der Waals surface area (Å²) < 4.78 is 35.5. The van der Waals surface area contributed by atoms with Gasteiger partial charge in [0, 0.05) is 55.9 Å². The van der Waals surface area contributed by atoms with Crippen molar-refractivity contribution < 1.29 is 13.2 Å². The third-order valence-corrected chi connectivity index (χ3v) is 7.09. The minimum absolute atomic E-state index is 0.240. The predicted octanol–water partition coefficient (Wildman–Crippen LogP) is 1.73. The molecular weight excluding hydrogens is 416 g/mol. The van der Waals surface area contributed by atoms with Crippen LogP contribution in [0.25, 0.3) is 33.2 Å². The molecule has 0 saturated carbocycles. The van der Waals surface area contributed by atoms with E-state index >= 15 is 0 Å². The number of aromatic nitrogens is 4. The first-order valence-corrected chi connectivity index (χ1v) is 11.7. The molecule has 1 saturated heterocycles. The zero-order valence-corrected chi connectivity index (χ0v) is 18.0. The number of nitrogens with one attached hydrogen (secondary N) is 2. The maximum Gasteiger partial charge on any atom is 0.240 e. The molecule has 1 aromatic carbocycles. The molecule has 1 aliphatic heterocycles. The van der Waals surface area contributed by atoms with Crippen molar-refractivity contribution in [2.45, 2.75) is 4.90 Å². The van der Waals surface area contributed by atoms with E-state index in [0.717, 1.165) is 46.3 Å². The molecule has 4 aromatic rings. The van der Waals surface area contributed by atoms with Gasteiger partial charge in [-0.1, -0.05) is 12.1 Å². The summed E-state index contributed by atoms with van der Waals surface area (Å²) in [7, 11) is -1.71. The SMILES string of the molecule is Cn1ncc2cnc3[nH]c(-c4cccc(S(=O)(=O)NCCN5CCOCC5)c4)cc3c21. The van der Waals surface area contributed by atoms with Crippen molar-refractivity contribution in [1.29, 1.82) is 0 Å². The highest BCUT2D eigenvalue weighted by atomic mass is 32.2. The lowest BCUT2D eigenvalue weighted by Crippen LogP contribution is -2.41. The predicted molar refractivity (Wildman–Crippen MR) is 118 cm³/mol. The number of pyridine rings is 1. The van der Waals surface area contributed by atoms with E-state index in [2.05, 4.69) is 24.7 Å². The normalized spacial score (nSPS) is 15.8. The van der Waals surface area contributed by atoms with E-state index < -0.39 is 10.0 Å². The molecule has 0 atom stereocenters. The number of hydrogen-bond donors (Lipinski definition) is 2. The lowest BCUT2D eigenvalue weighted by molar-refractivity contribution is 0.0390. The third-order valence-electron chi connectivity index (χ3n) is 5.63. The van der Waals surface area contributed by atoms with Crippen LogP contribution in [0, 0.1) is 0 Å². The molecule has 162 valence electrons. The second kappa shape index (κ2) is 8.04. The van der Waals surface area contributed by atoms with E-state index in [-0.39, 0.29) is 4.90 Å². The second-order valence-corrected chi connectivity index (χ2v) is 9.42. The zero-order chi connectivity index (χ0) is 21.4. The number of benzene rings is 1. The highest BCUT2D eigenvalue weighted by molar-refractivity contribution is 7.89. The van der Waals surface area contributed by atoms with Crippen molar-refractivity contribution in [3.63, 3.8) is 0 Å². The summed E-state index contributed by atoms with van der Waals surface area (Å²) in [6.45, 7) is 4.07. The fourth-order valence-electron chi connectivity index (χ4n) is 3.97. The number of ether oxygens (including phenoxy) is 1. The van der Waals surface area contributed by atoms with E-state index in [4.69, 9.17) is 4.74 Å². The van der Waals surface area contributed by atoms with Gasteiger partial charge in [-0.3, -0.25) is 9.58 Å². The van der Waals surface area contributed by atoms with Crippen LogP contribution in [-0.4, -0.2) is 72.5 Å². The summed E-state index contributed by atoms with van der Waals surface area (Å²) in [6.07, 6.45) is 3.56. The van der Waals surface area contributed by atoms with Crippen LogP contribution in [0.15, 0.2) is 47.6 Å². The number of aryl methyl sites for hydroxylation is 1. The Kier molecular flexibility index (Phi) is 5.22. The van der Waals surface area contributed by atoms with Gasteiger partial charge in [-0.05, 0) is 23.8 Å². The number of aromatic amines is 1. The summed E-state index contributed by atoms with van der Waals surface area (Å²) in [4.78, 5) is 10.2. The number of hydrogen-bond acceptors (Lipinski definition) is 6. The molecule has 1 aliphatic rings. The zero-order valence-electron chi connectivity index (χ0n) is 17.2. The van der Waals surface area contributed by atoms with Crippen LogP contribution in [0.5, 0.6) is 0 Å². The molecule has 10 heteroatoms. The fraction of sp³-hybridized carbons (Fsp3) is 0.333. The van der Waals surface area contributed by atoms with Gasteiger partial charge in [-0.15, -0.1) is 0 Å². The molecule has 4 heterocycles. The molecule has 9 nitrogen and oxygen atoms in total. The van der Waals surface area contributed by atoms with Gasteiger partial charge in [-0.2, -0.15) is 5.10 Å². The molecule has 2 N–H and O–H groups in total. The Balaban J connectivity index is 1.39. The monoisotopic (exact) mass is 440 g/mol. The summed E-state index contributed by atoms with van der Waals surface area (Å²) in [5, 5.41) is 6.21. The topological polar surface area (TPSA) is 105 Å². The van der Waals surface area contributed by atoms with E-state index in [0.29, 0.717) is 26.3 Å². The minimum atomic E-state index is -3.61. The molecule has 0 aliphatic carbocycles. The molecule has 0 spiro atoms. The Morgan fingerprint density at radius 1 is 1.19 bits per heavy atom. The molecular formula is C21H24N6O3S. The van der Waals surface area contributed by atoms with Gasteiger partial charge in [-0.25, -0.2) is 18.1 Å². The number of sulfonamides is 1. The fourth-order valence-corrected chi connectivity index (χ4v) is 5.04. The lowest BCUT2D eigenvalue weighted by Gasteiger charge is -2.26. The van der Waals surface area contributed by atoms with E-state index in [1.54, 1.807) is 30.6 Å². The number of morpholine rings is 1. The van der Waals surface area contributed by atoms with Crippen molar-refractivity contribution in [3.8, 4) is 11.3 Å². The molecule has 0 amide bonds. The van der Waals surface area contributed by atoms with Crippen LogP contribution in [0.4, 0.5) is 0 Å². The first-order valence-electron chi connectivity index (χ1n) is 10.2. The Morgan fingerprint density at radius 3 is 2.87 bits per heavy atom. The summed E-state index contributed by atoms with van der Waals surface area (Å²) in [5.74, 6) is 0. The average molecular weight is 441 g/mol. The van der Waals surface area contributed by atoms with Gasteiger partial charge in [0.15, 0.2) is 0 Å². The van der Waals surface area contributed by atoms with Gasteiger partial charge in [0.2, 0.25) is 10.0 Å². The maximum absolute atomic E-state index is 12.8.